The number of aromatic amines is 1. The number of rotatable bonds is 4. The third kappa shape index (κ3) is 2.91. The monoisotopic (exact) mass is 317 g/mol. The number of imidazole rings is 1. The third-order valence-electron chi connectivity index (χ3n) is 4.05. The van der Waals surface area contributed by atoms with Crippen molar-refractivity contribution in [1.29, 1.82) is 0 Å². The number of hydrogen-bond acceptors (Lipinski definition) is 2. The number of fused-ring (bicyclic) bond motifs is 1. The molecule has 2 aromatic heterocycles. The van der Waals surface area contributed by atoms with Crippen molar-refractivity contribution in [2.24, 2.45) is 0 Å². The maximum absolute atomic E-state index is 13.8. The van der Waals surface area contributed by atoms with Gasteiger partial charge >= 0.3 is 0 Å². The number of aromatic nitrogens is 3. The minimum Gasteiger partial charge on any atom is -0.348 e. The van der Waals surface area contributed by atoms with Gasteiger partial charge in [-0.2, -0.15) is 0 Å². The molecule has 4 aromatic rings. The topological polar surface area (TPSA) is 41.6 Å². The van der Waals surface area contributed by atoms with Gasteiger partial charge in [0.25, 0.3) is 0 Å². The zero-order valence-corrected chi connectivity index (χ0v) is 13.0. The Hall–Kier alpha value is -3.01. The van der Waals surface area contributed by atoms with Crippen LogP contribution in [0, 0.1) is 5.82 Å². The first-order chi connectivity index (χ1) is 11.8. The lowest BCUT2D eigenvalue weighted by molar-refractivity contribution is 0.631. The number of benzene rings is 2. The molecule has 4 heteroatoms. The first-order valence-electron chi connectivity index (χ1n) is 7.93. The van der Waals surface area contributed by atoms with E-state index in [1.165, 1.54) is 6.07 Å². The Morgan fingerprint density at radius 3 is 2.58 bits per heavy atom. The van der Waals surface area contributed by atoms with Crippen molar-refractivity contribution in [3.8, 4) is 11.3 Å². The lowest BCUT2D eigenvalue weighted by Crippen LogP contribution is -1.96. The number of halogens is 1. The van der Waals surface area contributed by atoms with E-state index in [4.69, 9.17) is 0 Å². The summed E-state index contributed by atoms with van der Waals surface area (Å²) in [5, 5.41) is 1.14. The summed E-state index contributed by atoms with van der Waals surface area (Å²) >= 11 is 0. The highest BCUT2D eigenvalue weighted by atomic mass is 19.1. The van der Waals surface area contributed by atoms with Gasteiger partial charge in [-0.05, 0) is 30.7 Å². The van der Waals surface area contributed by atoms with Crippen molar-refractivity contribution in [1.82, 2.24) is 15.0 Å². The van der Waals surface area contributed by atoms with Gasteiger partial charge in [0, 0.05) is 29.3 Å². The predicted molar refractivity (Wildman–Crippen MR) is 93.1 cm³/mol. The molecule has 0 amide bonds. The largest absolute Gasteiger partial charge is 0.348 e. The van der Waals surface area contributed by atoms with Crippen LogP contribution in [0.4, 0.5) is 4.39 Å². The van der Waals surface area contributed by atoms with E-state index in [2.05, 4.69) is 27.1 Å². The molecule has 0 atom stereocenters. The molecule has 1 N–H and O–H groups in total. The summed E-state index contributed by atoms with van der Waals surface area (Å²) in [6, 6.07) is 18.9. The Labute approximate surface area is 139 Å². The van der Waals surface area contributed by atoms with Gasteiger partial charge in [-0.15, -0.1) is 0 Å². The first kappa shape index (κ1) is 14.6. The average molecular weight is 317 g/mol. The highest BCUT2D eigenvalue weighted by Crippen LogP contribution is 2.21. The maximum atomic E-state index is 13.8. The second-order valence-electron chi connectivity index (χ2n) is 5.71. The number of nitrogens with one attached hydrogen (secondary N) is 1. The van der Waals surface area contributed by atoms with E-state index in [-0.39, 0.29) is 5.82 Å². The number of nitrogens with zero attached hydrogens (tertiary/aromatic N) is 2. The minimum absolute atomic E-state index is 0.258. The maximum Gasteiger partial charge on any atom is 0.132 e. The normalized spacial score (nSPS) is 11.0. The smallest absolute Gasteiger partial charge is 0.132 e. The molecule has 4 rings (SSSR count). The number of H-pyrrole nitrogens is 1. The van der Waals surface area contributed by atoms with E-state index in [9.17, 15) is 4.39 Å². The first-order valence-corrected chi connectivity index (χ1v) is 7.93. The molecule has 118 valence electrons. The van der Waals surface area contributed by atoms with E-state index in [1.807, 2.05) is 30.3 Å². The molecule has 0 fully saturated rings. The van der Waals surface area contributed by atoms with Crippen LogP contribution < -0.4 is 0 Å². The van der Waals surface area contributed by atoms with Crippen LogP contribution in [0.25, 0.3) is 22.2 Å². The fourth-order valence-corrected chi connectivity index (χ4v) is 2.79. The lowest BCUT2D eigenvalue weighted by atomic mass is 10.1. The zero-order chi connectivity index (χ0) is 16.4. The van der Waals surface area contributed by atoms with Crippen LogP contribution in [0.3, 0.4) is 0 Å². The van der Waals surface area contributed by atoms with Crippen molar-refractivity contribution in [2.75, 3.05) is 0 Å². The molecular weight excluding hydrogens is 301 g/mol. The van der Waals surface area contributed by atoms with Crippen molar-refractivity contribution in [3.05, 3.63) is 84.2 Å². The van der Waals surface area contributed by atoms with Crippen molar-refractivity contribution >= 4 is 10.9 Å². The predicted octanol–water partition coefficient (Wildman–Crippen LogP) is 4.55. The quantitative estimate of drug-likeness (QED) is 0.600. The van der Waals surface area contributed by atoms with Crippen LogP contribution in [0.5, 0.6) is 0 Å². The molecule has 0 saturated heterocycles. The molecule has 0 spiro atoms. The highest BCUT2D eigenvalue weighted by molar-refractivity contribution is 5.78. The number of aryl methyl sites for hydroxylation is 2. The third-order valence-corrected chi connectivity index (χ3v) is 4.05. The van der Waals surface area contributed by atoms with E-state index in [0.717, 1.165) is 35.3 Å². The molecule has 3 nitrogen and oxygen atoms in total. The van der Waals surface area contributed by atoms with Crippen LogP contribution in [0.1, 0.15) is 11.5 Å². The van der Waals surface area contributed by atoms with Crippen molar-refractivity contribution in [2.45, 2.75) is 12.8 Å². The Morgan fingerprint density at radius 2 is 1.67 bits per heavy atom. The number of pyridine rings is 1. The van der Waals surface area contributed by atoms with Crippen LogP contribution in [0.15, 0.2) is 66.9 Å². The fourth-order valence-electron chi connectivity index (χ4n) is 2.79. The lowest BCUT2D eigenvalue weighted by Gasteiger charge is -2.02. The second kappa shape index (κ2) is 6.24. The molecule has 0 saturated carbocycles. The van der Waals surface area contributed by atoms with E-state index in [1.54, 1.807) is 18.3 Å². The van der Waals surface area contributed by atoms with Gasteiger partial charge in [-0.1, -0.05) is 36.4 Å². The van der Waals surface area contributed by atoms with Gasteiger partial charge < -0.3 is 4.98 Å². The molecule has 0 bridgehead atoms. The summed E-state index contributed by atoms with van der Waals surface area (Å²) in [5.74, 6) is 0.579. The molecule has 0 aliphatic carbocycles. The van der Waals surface area contributed by atoms with Gasteiger partial charge in [0.1, 0.15) is 11.6 Å². The van der Waals surface area contributed by atoms with Gasteiger partial charge in [0.2, 0.25) is 0 Å². The molecule has 24 heavy (non-hydrogen) atoms. The Morgan fingerprint density at radius 1 is 0.833 bits per heavy atom. The molecule has 2 heterocycles. The van der Waals surface area contributed by atoms with Gasteiger partial charge in [-0.25, -0.2) is 9.37 Å². The zero-order valence-electron chi connectivity index (χ0n) is 13.0. The van der Waals surface area contributed by atoms with E-state index >= 15 is 0 Å². The number of para-hydroxylation sites is 1. The van der Waals surface area contributed by atoms with Crippen LogP contribution in [0.2, 0.25) is 0 Å². The summed E-state index contributed by atoms with van der Waals surface area (Å²) < 4.78 is 13.8. The highest BCUT2D eigenvalue weighted by Gasteiger charge is 2.08. The van der Waals surface area contributed by atoms with Gasteiger partial charge in [0.05, 0.1) is 11.2 Å². The Bertz CT molecular complexity index is 991. The van der Waals surface area contributed by atoms with Crippen molar-refractivity contribution < 1.29 is 4.39 Å². The molecule has 0 aliphatic heterocycles. The molecule has 0 radical (unpaired) electrons. The Balaban J connectivity index is 1.51. The van der Waals surface area contributed by atoms with E-state index < -0.39 is 0 Å². The van der Waals surface area contributed by atoms with Gasteiger partial charge in [-0.3, -0.25) is 4.98 Å². The van der Waals surface area contributed by atoms with Crippen LogP contribution >= 0.6 is 0 Å². The standard InChI is InChI=1S/C20H16FN3/c21-17-7-3-2-6-16(17)19-13-22-20(24-19)12-11-15-10-9-14-5-1-4-8-18(14)23-15/h1-10,13H,11-12H2,(H,22,24). The SMILES string of the molecule is Fc1ccccc1-c1c[nH]c(CCc2ccc3ccccc3n2)n1. The molecular formula is C20H16FN3. The average Bonchev–Trinajstić information content (AvgIpc) is 3.09. The summed E-state index contributed by atoms with van der Waals surface area (Å²) in [6.07, 6.45) is 3.27. The van der Waals surface area contributed by atoms with E-state index in [0.29, 0.717) is 11.3 Å². The summed E-state index contributed by atoms with van der Waals surface area (Å²) in [5.41, 5.74) is 3.18. The molecule has 2 aromatic carbocycles. The second-order valence-corrected chi connectivity index (χ2v) is 5.71. The summed E-state index contributed by atoms with van der Waals surface area (Å²) in [7, 11) is 0. The van der Waals surface area contributed by atoms with Crippen LogP contribution in [-0.2, 0) is 12.8 Å². The summed E-state index contributed by atoms with van der Waals surface area (Å²) in [4.78, 5) is 12.3. The van der Waals surface area contributed by atoms with Crippen molar-refractivity contribution in [3.63, 3.8) is 0 Å². The minimum atomic E-state index is -0.258. The molecule has 0 aliphatic rings. The summed E-state index contributed by atoms with van der Waals surface area (Å²) in [6.45, 7) is 0. The molecule has 0 unspecified atom stereocenters. The Kier molecular flexibility index (Phi) is 3.79. The number of hydrogen-bond donors (Lipinski definition) is 1. The van der Waals surface area contributed by atoms with Crippen LogP contribution in [-0.4, -0.2) is 15.0 Å². The van der Waals surface area contributed by atoms with Gasteiger partial charge in [0.15, 0.2) is 0 Å². The fraction of sp³-hybridized carbons (Fsp3) is 0.100.